The van der Waals surface area contributed by atoms with Gasteiger partial charge < -0.3 is 10.8 Å². The summed E-state index contributed by atoms with van der Waals surface area (Å²) in [7, 11) is 0. The highest BCUT2D eigenvalue weighted by atomic mass is 32.2. The maximum absolute atomic E-state index is 10.7. The van der Waals surface area contributed by atoms with E-state index in [4.69, 9.17) is 10.8 Å². The fourth-order valence-corrected chi connectivity index (χ4v) is 2.24. The van der Waals surface area contributed by atoms with Crippen LogP contribution in [0.15, 0.2) is 0 Å². The quantitative estimate of drug-likeness (QED) is 0.648. The lowest BCUT2D eigenvalue weighted by atomic mass is 10.0. The van der Waals surface area contributed by atoms with Gasteiger partial charge in [0.1, 0.15) is 5.54 Å². The van der Waals surface area contributed by atoms with Crippen LogP contribution in [0.5, 0.6) is 0 Å². The number of hydrogen-bond acceptors (Lipinski definition) is 3. The van der Waals surface area contributed by atoms with E-state index in [1.54, 1.807) is 11.8 Å². The summed E-state index contributed by atoms with van der Waals surface area (Å²) in [6.45, 7) is 0. The molecule has 0 radical (unpaired) electrons. The predicted molar refractivity (Wildman–Crippen MR) is 45.7 cm³/mol. The second kappa shape index (κ2) is 3.03. The number of thioether (sulfide) groups is 1. The molecule has 11 heavy (non-hydrogen) atoms. The summed E-state index contributed by atoms with van der Waals surface area (Å²) < 4.78 is 0. The molecular formula is C7H13NO2S. The SMILES string of the molecule is CS[C@@H]1CC[C@](N)(C(=O)O)C1. The zero-order valence-corrected chi connectivity index (χ0v) is 7.36. The Morgan fingerprint density at radius 2 is 2.45 bits per heavy atom. The predicted octanol–water partition coefficient (Wildman–Crippen LogP) is 0.684. The topological polar surface area (TPSA) is 63.3 Å². The first-order valence-electron chi connectivity index (χ1n) is 3.63. The minimum atomic E-state index is -0.937. The van der Waals surface area contributed by atoms with E-state index in [1.807, 2.05) is 6.26 Å². The third kappa shape index (κ3) is 1.68. The van der Waals surface area contributed by atoms with Crippen molar-refractivity contribution in [3.63, 3.8) is 0 Å². The Hall–Kier alpha value is -0.220. The summed E-state index contributed by atoms with van der Waals surface area (Å²) in [5, 5.41) is 9.19. The zero-order chi connectivity index (χ0) is 8.48. The van der Waals surface area contributed by atoms with Crippen molar-refractivity contribution in [3.8, 4) is 0 Å². The second-order valence-electron chi connectivity index (χ2n) is 3.06. The average Bonchev–Trinajstić information content (AvgIpc) is 2.33. The molecule has 3 N–H and O–H groups in total. The van der Waals surface area contributed by atoms with E-state index >= 15 is 0 Å². The molecule has 1 saturated carbocycles. The van der Waals surface area contributed by atoms with Gasteiger partial charge in [-0.05, 0) is 25.5 Å². The monoisotopic (exact) mass is 175 g/mol. The Kier molecular flexibility index (Phi) is 2.44. The largest absolute Gasteiger partial charge is 0.480 e. The fraction of sp³-hybridized carbons (Fsp3) is 0.857. The minimum Gasteiger partial charge on any atom is -0.480 e. The molecule has 1 aliphatic carbocycles. The molecule has 0 spiro atoms. The third-order valence-electron chi connectivity index (χ3n) is 2.26. The van der Waals surface area contributed by atoms with Crippen molar-refractivity contribution in [1.29, 1.82) is 0 Å². The molecule has 3 nitrogen and oxygen atoms in total. The van der Waals surface area contributed by atoms with Gasteiger partial charge in [0.2, 0.25) is 0 Å². The number of hydrogen-bond donors (Lipinski definition) is 2. The van der Waals surface area contributed by atoms with Gasteiger partial charge in [0.15, 0.2) is 0 Å². The maximum Gasteiger partial charge on any atom is 0.323 e. The first-order valence-corrected chi connectivity index (χ1v) is 4.92. The molecule has 0 aromatic heterocycles. The maximum atomic E-state index is 10.7. The lowest BCUT2D eigenvalue weighted by Gasteiger charge is -2.17. The molecule has 0 amide bonds. The van der Waals surface area contributed by atoms with Crippen molar-refractivity contribution in [3.05, 3.63) is 0 Å². The van der Waals surface area contributed by atoms with Crippen LogP contribution in [0, 0.1) is 0 Å². The van der Waals surface area contributed by atoms with Gasteiger partial charge in [-0.25, -0.2) is 0 Å². The van der Waals surface area contributed by atoms with Crippen molar-refractivity contribution in [2.45, 2.75) is 30.1 Å². The van der Waals surface area contributed by atoms with E-state index in [0.29, 0.717) is 18.1 Å². The van der Waals surface area contributed by atoms with Gasteiger partial charge in [0.25, 0.3) is 0 Å². The first kappa shape index (κ1) is 8.87. The van der Waals surface area contributed by atoms with Crippen LogP contribution in [0.2, 0.25) is 0 Å². The Bertz CT molecular complexity index is 174. The smallest absolute Gasteiger partial charge is 0.323 e. The van der Waals surface area contributed by atoms with Crippen LogP contribution < -0.4 is 5.73 Å². The van der Waals surface area contributed by atoms with Crippen LogP contribution in [-0.4, -0.2) is 28.1 Å². The number of rotatable bonds is 2. The molecule has 1 aliphatic rings. The summed E-state index contributed by atoms with van der Waals surface area (Å²) in [4.78, 5) is 10.7. The molecule has 0 bridgehead atoms. The highest BCUT2D eigenvalue weighted by Crippen LogP contribution is 2.34. The van der Waals surface area contributed by atoms with Crippen LogP contribution >= 0.6 is 11.8 Å². The summed E-state index contributed by atoms with van der Waals surface area (Å²) in [6, 6.07) is 0. The van der Waals surface area contributed by atoms with Crippen molar-refractivity contribution in [2.75, 3.05) is 6.26 Å². The van der Waals surface area contributed by atoms with E-state index < -0.39 is 11.5 Å². The van der Waals surface area contributed by atoms with Crippen LogP contribution in [0.1, 0.15) is 19.3 Å². The number of carboxylic acids is 1. The molecular weight excluding hydrogens is 162 g/mol. The number of carboxylic acid groups (broad SMARTS) is 1. The number of aliphatic carboxylic acids is 1. The summed E-state index contributed by atoms with van der Waals surface area (Å²) in [6.07, 6.45) is 4.17. The van der Waals surface area contributed by atoms with E-state index in [1.165, 1.54) is 0 Å². The molecule has 1 fully saturated rings. The van der Waals surface area contributed by atoms with Crippen molar-refractivity contribution in [2.24, 2.45) is 5.73 Å². The van der Waals surface area contributed by atoms with Crippen LogP contribution in [0.3, 0.4) is 0 Å². The van der Waals surface area contributed by atoms with Crippen LogP contribution in [-0.2, 0) is 4.79 Å². The highest BCUT2D eigenvalue weighted by Gasteiger charge is 2.41. The minimum absolute atomic E-state index is 0.441. The lowest BCUT2D eigenvalue weighted by molar-refractivity contribution is -0.143. The average molecular weight is 175 g/mol. The molecule has 0 unspecified atom stereocenters. The van der Waals surface area contributed by atoms with E-state index in [0.717, 1.165) is 6.42 Å². The Balaban J connectivity index is 2.57. The van der Waals surface area contributed by atoms with Gasteiger partial charge >= 0.3 is 5.97 Å². The fourth-order valence-electron chi connectivity index (χ4n) is 1.42. The Morgan fingerprint density at radius 1 is 1.82 bits per heavy atom. The summed E-state index contributed by atoms with van der Waals surface area (Å²) in [5.41, 5.74) is 4.72. The highest BCUT2D eigenvalue weighted by molar-refractivity contribution is 7.99. The number of nitrogens with two attached hydrogens (primary N) is 1. The van der Waals surface area contributed by atoms with Crippen molar-refractivity contribution >= 4 is 17.7 Å². The van der Waals surface area contributed by atoms with E-state index in [2.05, 4.69) is 0 Å². The van der Waals surface area contributed by atoms with Crippen molar-refractivity contribution < 1.29 is 9.90 Å². The van der Waals surface area contributed by atoms with Gasteiger partial charge in [-0.3, -0.25) is 4.79 Å². The van der Waals surface area contributed by atoms with Gasteiger partial charge in [0, 0.05) is 5.25 Å². The molecule has 0 aromatic rings. The molecule has 1 rings (SSSR count). The first-order chi connectivity index (χ1) is 5.08. The van der Waals surface area contributed by atoms with Crippen LogP contribution in [0.25, 0.3) is 0 Å². The Labute approximate surface area is 70.3 Å². The van der Waals surface area contributed by atoms with Gasteiger partial charge in [0.05, 0.1) is 0 Å². The standard InChI is InChI=1S/C7H13NO2S/c1-11-5-2-3-7(8,4-5)6(9)10/h5H,2-4,8H2,1H3,(H,9,10)/t5-,7-/m1/s1. The summed E-state index contributed by atoms with van der Waals surface area (Å²) >= 11 is 1.71. The summed E-state index contributed by atoms with van der Waals surface area (Å²) in [5.74, 6) is -0.853. The van der Waals surface area contributed by atoms with Gasteiger partial charge in [-0.2, -0.15) is 11.8 Å². The third-order valence-corrected chi connectivity index (χ3v) is 3.33. The van der Waals surface area contributed by atoms with Gasteiger partial charge in [-0.15, -0.1) is 0 Å². The van der Waals surface area contributed by atoms with E-state index in [9.17, 15) is 4.79 Å². The second-order valence-corrected chi connectivity index (χ2v) is 4.20. The Morgan fingerprint density at radius 3 is 2.73 bits per heavy atom. The normalized spacial score (nSPS) is 37.5. The molecule has 64 valence electrons. The van der Waals surface area contributed by atoms with E-state index in [-0.39, 0.29) is 0 Å². The molecule has 0 saturated heterocycles. The molecule has 0 heterocycles. The molecule has 0 aromatic carbocycles. The van der Waals surface area contributed by atoms with Gasteiger partial charge in [-0.1, -0.05) is 0 Å². The lowest BCUT2D eigenvalue weighted by Crippen LogP contribution is -2.45. The van der Waals surface area contributed by atoms with Crippen molar-refractivity contribution in [1.82, 2.24) is 0 Å². The molecule has 2 atom stereocenters. The molecule has 0 aliphatic heterocycles. The number of carbonyl (C=O) groups is 1. The molecule has 4 heteroatoms. The zero-order valence-electron chi connectivity index (χ0n) is 6.54. The van der Waals surface area contributed by atoms with Crippen LogP contribution in [0.4, 0.5) is 0 Å².